The summed E-state index contributed by atoms with van der Waals surface area (Å²) in [4.78, 5) is 33.7. The van der Waals surface area contributed by atoms with E-state index in [-0.39, 0.29) is 0 Å². The lowest BCUT2D eigenvalue weighted by atomic mass is 10.0. The third-order valence-corrected chi connectivity index (χ3v) is 4.58. The summed E-state index contributed by atoms with van der Waals surface area (Å²) in [5, 5.41) is 0.686. The number of hydrogen-bond donors (Lipinski definition) is 2. The number of aromatic nitrogens is 2. The molecule has 0 bridgehead atoms. The van der Waals surface area contributed by atoms with Gasteiger partial charge in [-0.15, -0.1) is 0 Å². The van der Waals surface area contributed by atoms with Crippen molar-refractivity contribution in [2.24, 2.45) is 0 Å². The van der Waals surface area contributed by atoms with Crippen LogP contribution in [0, 0.1) is 0 Å². The number of methoxy groups -OCH3 is 1. The van der Waals surface area contributed by atoms with Gasteiger partial charge in [-0.3, -0.25) is 25.4 Å². The maximum absolute atomic E-state index is 12.9. The van der Waals surface area contributed by atoms with Gasteiger partial charge in [0, 0.05) is 28.9 Å². The number of pyridine rings is 2. The van der Waals surface area contributed by atoms with Crippen molar-refractivity contribution in [3.05, 3.63) is 90.3 Å². The van der Waals surface area contributed by atoms with Crippen molar-refractivity contribution >= 4 is 22.7 Å². The summed E-state index contributed by atoms with van der Waals surface area (Å²) in [6.07, 6.45) is 3.02. The molecule has 2 aromatic heterocycles. The number of hydrazine groups is 1. The van der Waals surface area contributed by atoms with Gasteiger partial charge in [0.15, 0.2) is 0 Å². The van der Waals surface area contributed by atoms with Crippen molar-refractivity contribution in [1.82, 2.24) is 20.8 Å². The fraction of sp³-hybridized carbons (Fsp3) is 0.0435. The molecular formula is C23H18N4O3. The normalized spacial score (nSPS) is 10.4. The average molecular weight is 398 g/mol. The molecule has 0 unspecified atom stereocenters. The monoisotopic (exact) mass is 398 g/mol. The number of rotatable bonds is 4. The second-order valence-electron chi connectivity index (χ2n) is 6.44. The van der Waals surface area contributed by atoms with Crippen molar-refractivity contribution in [3.63, 3.8) is 0 Å². The molecule has 2 heterocycles. The summed E-state index contributed by atoms with van der Waals surface area (Å²) in [6.45, 7) is 0. The van der Waals surface area contributed by atoms with Crippen LogP contribution in [0.5, 0.6) is 5.75 Å². The summed E-state index contributed by atoms with van der Waals surface area (Å²) in [5.41, 5.74) is 7.87. The Bertz CT molecular complexity index is 1210. The lowest BCUT2D eigenvalue weighted by molar-refractivity contribution is 0.0847. The van der Waals surface area contributed by atoms with E-state index >= 15 is 0 Å². The minimum Gasteiger partial charge on any atom is -0.497 e. The SMILES string of the molecule is COc1ccc(-c2cc(C(=O)NNC(=O)c3ccncc3)c3ccccc3n2)cc1. The average Bonchev–Trinajstić information content (AvgIpc) is 2.82. The van der Waals surface area contributed by atoms with Gasteiger partial charge in [0.2, 0.25) is 0 Å². The first kappa shape index (κ1) is 19.1. The Morgan fingerprint density at radius 2 is 1.57 bits per heavy atom. The zero-order valence-electron chi connectivity index (χ0n) is 16.1. The molecule has 30 heavy (non-hydrogen) atoms. The first-order chi connectivity index (χ1) is 14.7. The molecule has 0 saturated heterocycles. The van der Waals surface area contributed by atoms with Crippen LogP contribution in [0.3, 0.4) is 0 Å². The van der Waals surface area contributed by atoms with Gasteiger partial charge in [-0.25, -0.2) is 4.98 Å². The standard InChI is InChI=1S/C23H18N4O3/c1-30-17-8-6-15(7-9-17)21-14-19(18-4-2-3-5-20(18)25-21)23(29)27-26-22(28)16-10-12-24-13-11-16/h2-14H,1H3,(H,26,28)(H,27,29). The predicted molar refractivity (Wildman–Crippen MR) is 113 cm³/mol. The van der Waals surface area contributed by atoms with E-state index in [2.05, 4.69) is 20.8 Å². The quantitative estimate of drug-likeness (QED) is 0.514. The highest BCUT2D eigenvalue weighted by atomic mass is 16.5. The molecule has 0 spiro atoms. The van der Waals surface area contributed by atoms with Gasteiger partial charge in [0.05, 0.1) is 23.9 Å². The van der Waals surface area contributed by atoms with Gasteiger partial charge in [-0.1, -0.05) is 18.2 Å². The Labute approximate surface area is 172 Å². The Balaban J connectivity index is 1.64. The second-order valence-corrected chi connectivity index (χ2v) is 6.44. The third kappa shape index (κ3) is 3.95. The molecule has 0 aliphatic rings. The lowest BCUT2D eigenvalue weighted by Crippen LogP contribution is -2.41. The van der Waals surface area contributed by atoms with Crippen LogP contribution in [0.4, 0.5) is 0 Å². The lowest BCUT2D eigenvalue weighted by Gasteiger charge is -2.11. The van der Waals surface area contributed by atoms with E-state index in [4.69, 9.17) is 4.74 Å². The molecule has 0 radical (unpaired) electrons. The van der Waals surface area contributed by atoms with Crippen LogP contribution in [-0.4, -0.2) is 28.9 Å². The van der Waals surface area contributed by atoms with E-state index in [1.165, 1.54) is 12.4 Å². The van der Waals surface area contributed by atoms with E-state index in [0.717, 1.165) is 11.3 Å². The summed E-state index contributed by atoms with van der Waals surface area (Å²) in [7, 11) is 1.60. The van der Waals surface area contributed by atoms with Crippen LogP contribution in [0.25, 0.3) is 22.2 Å². The van der Waals surface area contributed by atoms with Crippen molar-refractivity contribution in [2.45, 2.75) is 0 Å². The number of amides is 2. The van der Waals surface area contributed by atoms with Gasteiger partial charge in [-0.2, -0.15) is 0 Å². The molecule has 7 nitrogen and oxygen atoms in total. The highest BCUT2D eigenvalue weighted by molar-refractivity contribution is 6.08. The zero-order valence-corrected chi connectivity index (χ0v) is 16.1. The zero-order chi connectivity index (χ0) is 20.9. The van der Waals surface area contributed by atoms with Crippen LogP contribution in [0.15, 0.2) is 79.1 Å². The van der Waals surface area contributed by atoms with Gasteiger partial charge < -0.3 is 4.74 Å². The first-order valence-corrected chi connectivity index (χ1v) is 9.20. The molecule has 4 rings (SSSR count). The van der Waals surface area contributed by atoms with Crippen molar-refractivity contribution in [1.29, 1.82) is 0 Å². The molecule has 2 amide bonds. The van der Waals surface area contributed by atoms with Crippen LogP contribution in [0.2, 0.25) is 0 Å². The number of benzene rings is 2. The minimum atomic E-state index is -0.439. The summed E-state index contributed by atoms with van der Waals surface area (Å²) >= 11 is 0. The predicted octanol–water partition coefficient (Wildman–Crippen LogP) is 3.38. The van der Waals surface area contributed by atoms with Crippen molar-refractivity contribution in [2.75, 3.05) is 7.11 Å². The maximum Gasteiger partial charge on any atom is 0.270 e. The van der Waals surface area contributed by atoms with Crippen LogP contribution in [-0.2, 0) is 0 Å². The largest absolute Gasteiger partial charge is 0.497 e. The molecule has 2 N–H and O–H groups in total. The first-order valence-electron chi connectivity index (χ1n) is 9.20. The summed E-state index contributed by atoms with van der Waals surface area (Å²) < 4.78 is 5.20. The number of para-hydroxylation sites is 1. The van der Waals surface area contributed by atoms with Gasteiger partial charge in [0.1, 0.15) is 5.75 Å². The summed E-state index contributed by atoms with van der Waals surface area (Å²) in [6, 6.07) is 19.6. The smallest absolute Gasteiger partial charge is 0.270 e. The highest BCUT2D eigenvalue weighted by Gasteiger charge is 2.15. The Hall–Kier alpha value is -4.26. The molecule has 7 heteroatoms. The molecule has 0 aliphatic heterocycles. The van der Waals surface area contributed by atoms with E-state index in [1.54, 1.807) is 25.3 Å². The van der Waals surface area contributed by atoms with E-state index in [0.29, 0.717) is 27.7 Å². The van der Waals surface area contributed by atoms with E-state index in [1.807, 2.05) is 48.5 Å². The fourth-order valence-corrected chi connectivity index (χ4v) is 3.03. The number of ether oxygens (including phenoxy) is 1. The maximum atomic E-state index is 12.9. The Morgan fingerprint density at radius 3 is 2.30 bits per heavy atom. The van der Waals surface area contributed by atoms with E-state index in [9.17, 15) is 9.59 Å². The minimum absolute atomic E-state index is 0.392. The van der Waals surface area contributed by atoms with Gasteiger partial charge >= 0.3 is 0 Å². The number of carbonyl (C=O) groups excluding carboxylic acids is 2. The Morgan fingerprint density at radius 1 is 0.867 bits per heavy atom. The van der Waals surface area contributed by atoms with Gasteiger partial charge in [0.25, 0.3) is 11.8 Å². The highest BCUT2D eigenvalue weighted by Crippen LogP contribution is 2.26. The number of fused-ring (bicyclic) bond motifs is 1. The molecular weight excluding hydrogens is 380 g/mol. The number of nitrogens with one attached hydrogen (secondary N) is 2. The molecule has 0 fully saturated rings. The molecule has 2 aromatic carbocycles. The van der Waals surface area contributed by atoms with Crippen molar-refractivity contribution in [3.8, 4) is 17.0 Å². The van der Waals surface area contributed by atoms with E-state index < -0.39 is 11.8 Å². The molecule has 0 saturated carbocycles. The number of nitrogens with zero attached hydrogens (tertiary/aromatic N) is 2. The molecule has 0 atom stereocenters. The topological polar surface area (TPSA) is 93.2 Å². The fourth-order valence-electron chi connectivity index (χ4n) is 3.03. The Kier molecular flexibility index (Phi) is 5.34. The second kappa shape index (κ2) is 8.40. The molecule has 0 aliphatic carbocycles. The van der Waals surface area contributed by atoms with Gasteiger partial charge in [-0.05, 0) is 48.5 Å². The molecule has 148 valence electrons. The van der Waals surface area contributed by atoms with Crippen LogP contribution < -0.4 is 15.6 Å². The summed E-state index contributed by atoms with van der Waals surface area (Å²) in [5.74, 6) is -0.137. The van der Waals surface area contributed by atoms with Crippen molar-refractivity contribution < 1.29 is 14.3 Å². The van der Waals surface area contributed by atoms with Crippen LogP contribution in [0.1, 0.15) is 20.7 Å². The third-order valence-electron chi connectivity index (χ3n) is 4.58. The number of carbonyl (C=O) groups is 2. The van der Waals surface area contributed by atoms with Crippen LogP contribution >= 0.6 is 0 Å². The number of hydrogen-bond acceptors (Lipinski definition) is 5. The molecule has 4 aromatic rings.